The zero-order chi connectivity index (χ0) is 20.4. The molecule has 4 heteroatoms. The van der Waals surface area contributed by atoms with E-state index in [0.29, 0.717) is 6.61 Å². The van der Waals surface area contributed by atoms with Crippen LogP contribution in [0.15, 0.2) is 49.1 Å². The molecule has 4 nitrogen and oxygen atoms in total. The third kappa shape index (κ3) is 4.31. The molecule has 0 radical (unpaired) electrons. The van der Waals surface area contributed by atoms with Gasteiger partial charge in [0, 0.05) is 25.4 Å². The first-order valence-electron chi connectivity index (χ1n) is 10.4. The van der Waals surface area contributed by atoms with Gasteiger partial charge in [-0.2, -0.15) is 0 Å². The van der Waals surface area contributed by atoms with Crippen LogP contribution in [0.25, 0.3) is 0 Å². The predicted molar refractivity (Wildman–Crippen MR) is 116 cm³/mol. The summed E-state index contributed by atoms with van der Waals surface area (Å²) in [4.78, 5) is 4.10. The third-order valence-corrected chi connectivity index (χ3v) is 6.09. The highest BCUT2D eigenvalue weighted by atomic mass is 16.5. The molecule has 1 aliphatic rings. The van der Waals surface area contributed by atoms with Crippen molar-refractivity contribution in [2.45, 2.75) is 59.1 Å². The summed E-state index contributed by atoms with van der Waals surface area (Å²) in [6.45, 7) is 10.2. The molecule has 29 heavy (non-hydrogen) atoms. The van der Waals surface area contributed by atoms with Crippen molar-refractivity contribution < 1.29 is 9.47 Å². The van der Waals surface area contributed by atoms with E-state index >= 15 is 0 Å². The highest BCUT2D eigenvalue weighted by Crippen LogP contribution is 2.40. The fourth-order valence-electron chi connectivity index (χ4n) is 4.13. The van der Waals surface area contributed by atoms with Crippen molar-refractivity contribution in [3.05, 3.63) is 76.9 Å². The molecule has 0 saturated carbocycles. The maximum atomic E-state index is 6.55. The van der Waals surface area contributed by atoms with Gasteiger partial charge in [-0.25, -0.2) is 4.98 Å². The van der Waals surface area contributed by atoms with E-state index in [1.54, 1.807) is 6.20 Å². The number of imidazole rings is 1. The molecule has 0 N–H and O–H groups in total. The van der Waals surface area contributed by atoms with Gasteiger partial charge in [0.15, 0.2) is 0 Å². The van der Waals surface area contributed by atoms with E-state index in [1.165, 1.54) is 27.8 Å². The van der Waals surface area contributed by atoms with Crippen LogP contribution in [0.3, 0.4) is 0 Å². The molecule has 2 aromatic carbocycles. The number of aromatic nitrogens is 2. The second-order valence-electron chi connectivity index (χ2n) is 8.48. The maximum Gasteiger partial charge on any atom is 0.126 e. The normalized spacial score (nSPS) is 18.2. The van der Waals surface area contributed by atoms with Gasteiger partial charge >= 0.3 is 0 Å². The number of hydrogen-bond acceptors (Lipinski definition) is 3. The van der Waals surface area contributed by atoms with Crippen LogP contribution in [-0.2, 0) is 13.0 Å². The molecule has 1 atom stereocenters. The van der Waals surface area contributed by atoms with Crippen molar-refractivity contribution >= 4 is 0 Å². The number of aryl methyl sites for hydroxylation is 2. The predicted octanol–water partition coefficient (Wildman–Crippen LogP) is 5.41. The van der Waals surface area contributed by atoms with Crippen LogP contribution in [0.5, 0.6) is 11.5 Å². The molecule has 0 aliphatic carbocycles. The van der Waals surface area contributed by atoms with Crippen molar-refractivity contribution in [1.82, 2.24) is 9.55 Å². The molecular formula is C25H30N2O2. The lowest BCUT2D eigenvalue weighted by molar-refractivity contribution is 0.0413. The summed E-state index contributed by atoms with van der Waals surface area (Å²) < 4.78 is 14.7. The lowest BCUT2D eigenvalue weighted by atomic mass is 9.86. The molecule has 0 bridgehead atoms. The lowest BCUT2D eigenvalue weighted by Gasteiger charge is -2.37. The Labute approximate surface area is 173 Å². The molecule has 1 aromatic heterocycles. The van der Waals surface area contributed by atoms with Crippen LogP contribution in [0.4, 0.5) is 0 Å². The number of fused-ring (bicyclic) bond motifs is 1. The van der Waals surface area contributed by atoms with Crippen molar-refractivity contribution in [1.29, 1.82) is 0 Å². The smallest absolute Gasteiger partial charge is 0.126 e. The average Bonchev–Trinajstić information content (AvgIpc) is 3.19. The summed E-state index contributed by atoms with van der Waals surface area (Å²) in [5, 5.41) is 0. The SMILES string of the molecule is Cc1cc(C)c2c(c1C)OC(C)(CCOc1cccc(Cn3ccnc3)c1)CC2. The standard InChI is InChI=1S/C25H30N2O2/c1-18-14-19(2)23-8-9-25(4,29-24(23)20(18)3)10-13-28-22-7-5-6-21(15-22)16-27-12-11-26-17-27/h5-7,11-12,14-15,17H,8-10,13,16H2,1-4H3. The number of hydrogen-bond donors (Lipinski definition) is 0. The lowest BCUT2D eigenvalue weighted by Crippen LogP contribution is -2.38. The molecular weight excluding hydrogens is 360 g/mol. The van der Waals surface area contributed by atoms with Gasteiger partial charge in [0.25, 0.3) is 0 Å². The Morgan fingerprint density at radius 2 is 2.03 bits per heavy atom. The zero-order valence-electron chi connectivity index (χ0n) is 17.9. The van der Waals surface area contributed by atoms with Crippen LogP contribution in [0, 0.1) is 20.8 Å². The van der Waals surface area contributed by atoms with Crippen LogP contribution in [0.2, 0.25) is 0 Å². The maximum absolute atomic E-state index is 6.55. The molecule has 0 spiro atoms. The second-order valence-corrected chi connectivity index (χ2v) is 8.48. The van der Waals surface area contributed by atoms with Gasteiger partial charge in [0.2, 0.25) is 0 Å². The molecule has 1 unspecified atom stereocenters. The summed E-state index contributed by atoms with van der Waals surface area (Å²) in [7, 11) is 0. The molecule has 0 amide bonds. The highest BCUT2D eigenvalue weighted by Gasteiger charge is 2.33. The van der Waals surface area contributed by atoms with E-state index in [4.69, 9.17) is 9.47 Å². The Morgan fingerprint density at radius 1 is 1.17 bits per heavy atom. The Balaban J connectivity index is 1.39. The van der Waals surface area contributed by atoms with E-state index in [0.717, 1.165) is 37.3 Å². The minimum Gasteiger partial charge on any atom is -0.493 e. The first kappa shape index (κ1) is 19.6. The number of ether oxygens (including phenoxy) is 2. The number of benzene rings is 2. The van der Waals surface area contributed by atoms with Gasteiger partial charge in [0.1, 0.15) is 17.1 Å². The summed E-state index contributed by atoms with van der Waals surface area (Å²) in [5.41, 5.74) is 6.30. The van der Waals surface area contributed by atoms with Gasteiger partial charge < -0.3 is 14.0 Å². The van der Waals surface area contributed by atoms with Crippen LogP contribution in [0.1, 0.15) is 47.6 Å². The number of nitrogens with zero attached hydrogens (tertiary/aromatic N) is 2. The average molecular weight is 391 g/mol. The molecule has 152 valence electrons. The fraction of sp³-hybridized carbons (Fsp3) is 0.400. The molecule has 4 rings (SSSR count). The topological polar surface area (TPSA) is 36.3 Å². The summed E-state index contributed by atoms with van der Waals surface area (Å²) in [5.74, 6) is 2.00. The van der Waals surface area contributed by atoms with Gasteiger partial charge in [-0.05, 0) is 80.5 Å². The van der Waals surface area contributed by atoms with E-state index in [-0.39, 0.29) is 5.60 Å². The zero-order valence-corrected chi connectivity index (χ0v) is 17.9. The molecule has 1 aliphatic heterocycles. The quantitative estimate of drug-likeness (QED) is 0.565. The van der Waals surface area contributed by atoms with Crippen molar-refractivity contribution in [3.8, 4) is 11.5 Å². The highest BCUT2D eigenvalue weighted by molar-refractivity contribution is 5.51. The van der Waals surface area contributed by atoms with E-state index < -0.39 is 0 Å². The van der Waals surface area contributed by atoms with Gasteiger partial charge in [0.05, 0.1) is 12.9 Å². The van der Waals surface area contributed by atoms with Crippen LogP contribution in [-0.4, -0.2) is 21.8 Å². The van der Waals surface area contributed by atoms with Crippen molar-refractivity contribution in [3.63, 3.8) is 0 Å². The Kier molecular flexibility index (Phi) is 5.35. The van der Waals surface area contributed by atoms with E-state index in [1.807, 2.05) is 24.7 Å². The summed E-state index contributed by atoms with van der Waals surface area (Å²) in [6, 6.07) is 10.6. The largest absolute Gasteiger partial charge is 0.493 e. The molecule has 0 fully saturated rings. The fourth-order valence-corrected chi connectivity index (χ4v) is 4.13. The van der Waals surface area contributed by atoms with Crippen molar-refractivity contribution in [2.75, 3.05) is 6.61 Å². The van der Waals surface area contributed by atoms with Crippen LogP contribution >= 0.6 is 0 Å². The summed E-state index contributed by atoms with van der Waals surface area (Å²) >= 11 is 0. The first-order valence-corrected chi connectivity index (χ1v) is 10.4. The minimum atomic E-state index is -0.188. The van der Waals surface area contributed by atoms with Gasteiger partial charge in [-0.1, -0.05) is 18.2 Å². The van der Waals surface area contributed by atoms with E-state index in [2.05, 4.69) is 55.4 Å². The Morgan fingerprint density at radius 3 is 2.83 bits per heavy atom. The monoisotopic (exact) mass is 390 g/mol. The molecule has 0 saturated heterocycles. The molecule has 3 aromatic rings. The summed E-state index contributed by atoms with van der Waals surface area (Å²) in [6.07, 6.45) is 8.56. The van der Waals surface area contributed by atoms with Gasteiger partial charge in [-0.15, -0.1) is 0 Å². The minimum absolute atomic E-state index is 0.188. The number of rotatable bonds is 6. The van der Waals surface area contributed by atoms with Crippen LogP contribution < -0.4 is 9.47 Å². The van der Waals surface area contributed by atoms with E-state index in [9.17, 15) is 0 Å². The van der Waals surface area contributed by atoms with Crippen molar-refractivity contribution in [2.24, 2.45) is 0 Å². The van der Waals surface area contributed by atoms with Gasteiger partial charge in [-0.3, -0.25) is 0 Å². The molecule has 2 heterocycles. The second kappa shape index (κ2) is 7.94. The Hall–Kier alpha value is -2.75. The first-order chi connectivity index (χ1) is 13.9. The Bertz CT molecular complexity index is 994. The third-order valence-electron chi connectivity index (χ3n) is 6.09.